The summed E-state index contributed by atoms with van der Waals surface area (Å²) in [4.78, 5) is 28.5. The van der Waals surface area contributed by atoms with Crippen molar-refractivity contribution in [2.75, 3.05) is 26.2 Å². The largest absolute Gasteiger partial charge is 0.342 e. The van der Waals surface area contributed by atoms with E-state index < -0.39 is 0 Å². The average Bonchev–Trinajstić information content (AvgIpc) is 3.01. The lowest BCUT2D eigenvalue weighted by Crippen LogP contribution is -2.55. The minimum Gasteiger partial charge on any atom is -0.342 e. The lowest BCUT2D eigenvalue weighted by atomic mass is 9.73. The molecule has 3 rings (SSSR count). The first kappa shape index (κ1) is 17.3. The summed E-state index contributed by atoms with van der Waals surface area (Å²) in [5.74, 6) is 0.419. The van der Waals surface area contributed by atoms with E-state index >= 15 is 0 Å². The molecule has 1 unspecified atom stereocenters. The van der Waals surface area contributed by atoms with Gasteiger partial charge >= 0.3 is 0 Å². The summed E-state index contributed by atoms with van der Waals surface area (Å²) in [6.45, 7) is 5.72. The van der Waals surface area contributed by atoms with E-state index in [0.29, 0.717) is 24.4 Å². The normalized spacial score (nSPS) is 24.7. The Balaban J connectivity index is 1.58. The van der Waals surface area contributed by atoms with Crippen molar-refractivity contribution in [3.8, 4) is 0 Å². The minimum absolute atomic E-state index is 0.0901. The van der Waals surface area contributed by atoms with Crippen molar-refractivity contribution >= 4 is 23.4 Å². The molecule has 2 aliphatic rings. The lowest BCUT2D eigenvalue weighted by Gasteiger charge is -2.48. The molecule has 2 saturated heterocycles. The number of aryl methyl sites for hydroxylation is 1. The fourth-order valence-corrected chi connectivity index (χ4v) is 4.13. The van der Waals surface area contributed by atoms with Crippen LogP contribution >= 0.6 is 11.6 Å². The number of hydrogen-bond acceptors (Lipinski definition) is 3. The Bertz CT molecular complexity index is 617. The van der Waals surface area contributed by atoms with Gasteiger partial charge in [-0.25, -0.2) is 0 Å². The van der Waals surface area contributed by atoms with Crippen LogP contribution in [0.5, 0.6) is 0 Å². The molecule has 0 bridgehead atoms. The molecular formula is C17H25ClN4O2. The van der Waals surface area contributed by atoms with E-state index in [1.807, 2.05) is 16.7 Å². The molecule has 1 atom stereocenters. The lowest BCUT2D eigenvalue weighted by molar-refractivity contribution is -0.142. The van der Waals surface area contributed by atoms with E-state index in [2.05, 4.69) is 5.10 Å². The zero-order valence-corrected chi connectivity index (χ0v) is 15.0. The van der Waals surface area contributed by atoms with Crippen LogP contribution in [-0.4, -0.2) is 57.6 Å². The standard InChI is InChI=1S/C17H25ClN4O2/c1-2-20-12-17(7-4-15(20)23)6-3-8-21(13-17)16(24)5-9-22-11-14(18)10-19-22/h10-11H,2-9,12-13H2,1H3. The van der Waals surface area contributed by atoms with E-state index in [4.69, 9.17) is 11.6 Å². The number of nitrogens with zero attached hydrogens (tertiary/aromatic N) is 4. The monoisotopic (exact) mass is 352 g/mol. The van der Waals surface area contributed by atoms with E-state index in [0.717, 1.165) is 45.4 Å². The van der Waals surface area contributed by atoms with Crippen LogP contribution in [0.1, 0.15) is 39.0 Å². The molecule has 0 aromatic carbocycles. The second-order valence-electron chi connectivity index (χ2n) is 7.00. The van der Waals surface area contributed by atoms with E-state index in [-0.39, 0.29) is 17.2 Å². The summed E-state index contributed by atoms with van der Waals surface area (Å²) in [7, 11) is 0. The number of piperidine rings is 2. The first-order valence-electron chi connectivity index (χ1n) is 8.75. The van der Waals surface area contributed by atoms with Gasteiger partial charge in [0.15, 0.2) is 0 Å². The molecule has 2 amide bonds. The van der Waals surface area contributed by atoms with Gasteiger partial charge in [-0.1, -0.05) is 11.6 Å². The third-order valence-corrected chi connectivity index (χ3v) is 5.50. The van der Waals surface area contributed by atoms with Crippen LogP contribution in [0.4, 0.5) is 0 Å². The average molecular weight is 353 g/mol. The fourth-order valence-electron chi connectivity index (χ4n) is 3.97. The van der Waals surface area contributed by atoms with Gasteiger partial charge in [0.25, 0.3) is 0 Å². The molecule has 0 aliphatic carbocycles. The maximum Gasteiger partial charge on any atom is 0.224 e. The third kappa shape index (κ3) is 3.74. The fraction of sp³-hybridized carbons (Fsp3) is 0.706. The zero-order chi connectivity index (χ0) is 17.2. The van der Waals surface area contributed by atoms with Crippen LogP contribution in [0, 0.1) is 5.41 Å². The molecule has 0 saturated carbocycles. The summed E-state index contributed by atoms with van der Waals surface area (Å²) in [6.07, 6.45) is 7.39. The highest BCUT2D eigenvalue weighted by Crippen LogP contribution is 2.38. The van der Waals surface area contributed by atoms with Crippen LogP contribution in [-0.2, 0) is 16.1 Å². The van der Waals surface area contributed by atoms with Crippen molar-refractivity contribution in [3.63, 3.8) is 0 Å². The Morgan fingerprint density at radius 1 is 1.38 bits per heavy atom. The Hall–Kier alpha value is -1.56. The zero-order valence-electron chi connectivity index (χ0n) is 14.2. The van der Waals surface area contributed by atoms with Gasteiger partial charge < -0.3 is 9.80 Å². The molecule has 6 nitrogen and oxygen atoms in total. The Morgan fingerprint density at radius 3 is 2.92 bits per heavy atom. The predicted octanol–water partition coefficient (Wildman–Crippen LogP) is 2.18. The second kappa shape index (κ2) is 7.13. The molecule has 7 heteroatoms. The number of likely N-dealkylation sites (tertiary alicyclic amines) is 2. The first-order valence-corrected chi connectivity index (χ1v) is 9.13. The SMILES string of the molecule is CCN1CC2(CCCN(C(=O)CCn3cc(Cl)cn3)C2)CCC1=O. The van der Waals surface area contributed by atoms with Crippen LogP contribution in [0.25, 0.3) is 0 Å². The van der Waals surface area contributed by atoms with Gasteiger partial charge in [-0.2, -0.15) is 5.10 Å². The number of halogens is 1. The molecule has 132 valence electrons. The maximum atomic E-state index is 12.6. The number of carbonyl (C=O) groups is 2. The Morgan fingerprint density at radius 2 is 2.21 bits per heavy atom. The Labute approximate surface area is 147 Å². The number of aromatic nitrogens is 2. The van der Waals surface area contributed by atoms with E-state index in [9.17, 15) is 9.59 Å². The van der Waals surface area contributed by atoms with Gasteiger partial charge in [0.1, 0.15) is 0 Å². The maximum absolute atomic E-state index is 12.6. The van der Waals surface area contributed by atoms with Crippen LogP contribution in [0.3, 0.4) is 0 Å². The van der Waals surface area contributed by atoms with E-state index in [1.54, 1.807) is 17.1 Å². The van der Waals surface area contributed by atoms with E-state index in [1.165, 1.54) is 0 Å². The summed E-state index contributed by atoms with van der Waals surface area (Å²) in [5, 5.41) is 4.70. The molecule has 24 heavy (non-hydrogen) atoms. The van der Waals surface area contributed by atoms with Crippen molar-refractivity contribution in [3.05, 3.63) is 17.4 Å². The van der Waals surface area contributed by atoms with Gasteiger partial charge in [-0.05, 0) is 26.2 Å². The summed E-state index contributed by atoms with van der Waals surface area (Å²) < 4.78 is 1.71. The van der Waals surface area contributed by atoms with Gasteiger partial charge in [0.05, 0.1) is 11.2 Å². The minimum atomic E-state index is 0.0901. The molecule has 2 fully saturated rings. The van der Waals surface area contributed by atoms with Crippen molar-refractivity contribution in [1.82, 2.24) is 19.6 Å². The third-order valence-electron chi connectivity index (χ3n) is 5.30. The van der Waals surface area contributed by atoms with Gasteiger partial charge in [0, 0.05) is 57.2 Å². The highest BCUT2D eigenvalue weighted by Gasteiger charge is 2.42. The van der Waals surface area contributed by atoms with Crippen LogP contribution < -0.4 is 0 Å². The highest BCUT2D eigenvalue weighted by atomic mass is 35.5. The molecule has 0 radical (unpaired) electrons. The molecule has 1 spiro atoms. The molecule has 0 N–H and O–H groups in total. The topological polar surface area (TPSA) is 58.4 Å². The number of carbonyl (C=O) groups excluding carboxylic acids is 2. The quantitative estimate of drug-likeness (QED) is 0.834. The molecular weight excluding hydrogens is 328 g/mol. The van der Waals surface area contributed by atoms with Crippen molar-refractivity contribution < 1.29 is 9.59 Å². The highest BCUT2D eigenvalue weighted by molar-refractivity contribution is 6.30. The number of hydrogen-bond donors (Lipinski definition) is 0. The number of amides is 2. The summed E-state index contributed by atoms with van der Waals surface area (Å²) >= 11 is 5.85. The van der Waals surface area contributed by atoms with Crippen molar-refractivity contribution in [2.45, 2.75) is 45.6 Å². The van der Waals surface area contributed by atoms with Gasteiger partial charge in [-0.15, -0.1) is 0 Å². The van der Waals surface area contributed by atoms with Crippen molar-refractivity contribution in [1.29, 1.82) is 0 Å². The summed E-state index contributed by atoms with van der Waals surface area (Å²) in [6, 6.07) is 0. The molecule has 1 aromatic heterocycles. The number of rotatable bonds is 4. The smallest absolute Gasteiger partial charge is 0.224 e. The first-order chi connectivity index (χ1) is 11.5. The Kier molecular flexibility index (Phi) is 5.13. The van der Waals surface area contributed by atoms with Crippen molar-refractivity contribution in [2.24, 2.45) is 5.41 Å². The van der Waals surface area contributed by atoms with Crippen LogP contribution in [0.2, 0.25) is 5.02 Å². The second-order valence-corrected chi connectivity index (χ2v) is 7.43. The molecule has 3 heterocycles. The predicted molar refractivity (Wildman–Crippen MR) is 91.6 cm³/mol. The van der Waals surface area contributed by atoms with Gasteiger partial charge in [0.2, 0.25) is 11.8 Å². The van der Waals surface area contributed by atoms with Gasteiger partial charge in [-0.3, -0.25) is 14.3 Å². The molecule has 1 aromatic rings. The summed E-state index contributed by atoms with van der Waals surface area (Å²) in [5.41, 5.74) is 0.0901. The molecule has 2 aliphatic heterocycles. The van der Waals surface area contributed by atoms with Crippen LogP contribution in [0.15, 0.2) is 12.4 Å².